The fourth-order valence-electron chi connectivity index (χ4n) is 2.24. The molecule has 21 heavy (non-hydrogen) atoms. The average molecular weight is 353 g/mol. The Hall–Kier alpha value is -1.27. The van der Waals surface area contributed by atoms with Crippen LogP contribution in [0, 0.1) is 0 Å². The minimum Gasteiger partial charge on any atom is -0.339 e. The van der Waals surface area contributed by atoms with E-state index >= 15 is 0 Å². The van der Waals surface area contributed by atoms with Crippen molar-refractivity contribution in [2.45, 2.75) is 45.6 Å². The second-order valence-electron chi connectivity index (χ2n) is 5.05. The van der Waals surface area contributed by atoms with E-state index in [2.05, 4.69) is 57.1 Å². The first-order chi connectivity index (χ1) is 10.2. The molecular formula is C15H21BrN4O. The maximum Gasteiger partial charge on any atom is 0.231 e. The number of nitrogens with zero attached hydrogens (tertiary/aromatic N) is 3. The van der Waals surface area contributed by atoms with E-state index in [1.54, 1.807) is 6.20 Å². The number of halogens is 1. The maximum absolute atomic E-state index is 5.44. The van der Waals surface area contributed by atoms with Crippen LogP contribution in [0.1, 0.15) is 45.4 Å². The normalized spacial score (nSPS) is 14.1. The standard InChI is InChI=1S/C15H21BrN4O/c1-4-8-17-12(5-2)10(3)15-19-14(20-21-15)13-11(16)7-6-9-18-13/h6-7,9-10,12,17H,4-5,8H2,1-3H3. The lowest BCUT2D eigenvalue weighted by Crippen LogP contribution is -2.33. The van der Waals surface area contributed by atoms with Gasteiger partial charge >= 0.3 is 0 Å². The summed E-state index contributed by atoms with van der Waals surface area (Å²) in [5.74, 6) is 1.35. The predicted molar refractivity (Wildman–Crippen MR) is 86.0 cm³/mol. The number of hydrogen-bond donors (Lipinski definition) is 1. The van der Waals surface area contributed by atoms with Crippen molar-refractivity contribution in [1.82, 2.24) is 20.4 Å². The molecule has 2 atom stereocenters. The molecule has 0 aliphatic heterocycles. The largest absolute Gasteiger partial charge is 0.339 e. The van der Waals surface area contributed by atoms with Crippen molar-refractivity contribution in [3.05, 3.63) is 28.7 Å². The molecule has 2 aromatic rings. The average Bonchev–Trinajstić information content (AvgIpc) is 2.98. The van der Waals surface area contributed by atoms with Crippen LogP contribution in [0.5, 0.6) is 0 Å². The Morgan fingerprint density at radius 3 is 2.86 bits per heavy atom. The third-order valence-corrected chi connectivity index (χ3v) is 4.14. The van der Waals surface area contributed by atoms with Gasteiger partial charge in [-0.2, -0.15) is 4.98 Å². The quantitative estimate of drug-likeness (QED) is 0.821. The first-order valence-corrected chi connectivity index (χ1v) is 8.14. The molecule has 0 bridgehead atoms. The molecule has 0 saturated carbocycles. The zero-order valence-electron chi connectivity index (χ0n) is 12.6. The summed E-state index contributed by atoms with van der Waals surface area (Å²) in [6.45, 7) is 7.43. The summed E-state index contributed by atoms with van der Waals surface area (Å²) in [4.78, 5) is 8.80. The lowest BCUT2D eigenvalue weighted by molar-refractivity contribution is 0.319. The van der Waals surface area contributed by atoms with Crippen molar-refractivity contribution in [2.75, 3.05) is 6.54 Å². The van der Waals surface area contributed by atoms with E-state index in [9.17, 15) is 0 Å². The molecular weight excluding hydrogens is 332 g/mol. The van der Waals surface area contributed by atoms with Crippen LogP contribution in [-0.4, -0.2) is 27.7 Å². The molecule has 0 spiro atoms. The van der Waals surface area contributed by atoms with Crippen molar-refractivity contribution in [2.24, 2.45) is 0 Å². The van der Waals surface area contributed by atoms with Crippen LogP contribution in [0.25, 0.3) is 11.5 Å². The Labute approximate surface area is 133 Å². The highest BCUT2D eigenvalue weighted by Crippen LogP contribution is 2.26. The molecule has 0 aliphatic carbocycles. The van der Waals surface area contributed by atoms with E-state index in [4.69, 9.17) is 4.52 Å². The van der Waals surface area contributed by atoms with Gasteiger partial charge < -0.3 is 9.84 Å². The van der Waals surface area contributed by atoms with Gasteiger partial charge in [0.15, 0.2) is 0 Å². The highest BCUT2D eigenvalue weighted by Gasteiger charge is 2.23. The summed E-state index contributed by atoms with van der Waals surface area (Å²) in [6, 6.07) is 4.11. The van der Waals surface area contributed by atoms with Crippen LogP contribution in [0.4, 0.5) is 0 Å². The maximum atomic E-state index is 5.44. The van der Waals surface area contributed by atoms with Crippen molar-refractivity contribution in [3.8, 4) is 11.5 Å². The number of rotatable bonds is 7. The van der Waals surface area contributed by atoms with Crippen LogP contribution >= 0.6 is 15.9 Å². The number of hydrogen-bond acceptors (Lipinski definition) is 5. The second-order valence-corrected chi connectivity index (χ2v) is 5.90. The van der Waals surface area contributed by atoms with E-state index in [1.807, 2.05) is 12.1 Å². The minimum absolute atomic E-state index is 0.172. The Bertz CT molecular complexity index is 572. The van der Waals surface area contributed by atoms with Crippen molar-refractivity contribution in [3.63, 3.8) is 0 Å². The third kappa shape index (κ3) is 3.89. The summed E-state index contributed by atoms with van der Waals surface area (Å²) in [6.07, 6.45) is 3.85. The molecule has 0 amide bonds. The Morgan fingerprint density at radius 2 is 2.19 bits per heavy atom. The minimum atomic E-state index is 0.172. The zero-order valence-corrected chi connectivity index (χ0v) is 14.2. The summed E-state index contributed by atoms with van der Waals surface area (Å²) >= 11 is 3.46. The molecule has 2 unspecified atom stereocenters. The van der Waals surface area contributed by atoms with E-state index in [0.29, 0.717) is 23.5 Å². The molecule has 2 heterocycles. The van der Waals surface area contributed by atoms with Gasteiger partial charge in [-0.15, -0.1) is 0 Å². The number of pyridine rings is 1. The number of aromatic nitrogens is 3. The molecule has 114 valence electrons. The third-order valence-electron chi connectivity index (χ3n) is 3.50. The summed E-state index contributed by atoms with van der Waals surface area (Å²) < 4.78 is 6.30. The van der Waals surface area contributed by atoms with Gasteiger partial charge in [0.2, 0.25) is 11.7 Å². The van der Waals surface area contributed by atoms with Crippen LogP contribution in [0.3, 0.4) is 0 Å². The van der Waals surface area contributed by atoms with Gasteiger partial charge in [0, 0.05) is 16.7 Å². The van der Waals surface area contributed by atoms with Gasteiger partial charge in [0.25, 0.3) is 0 Å². The summed E-state index contributed by atoms with van der Waals surface area (Å²) in [5, 5.41) is 7.58. The van der Waals surface area contributed by atoms with Gasteiger partial charge in [-0.3, -0.25) is 4.98 Å². The molecule has 1 N–H and O–H groups in total. The lowest BCUT2D eigenvalue weighted by Gasteiger charge is -2.20. The zero-order chi connectivity index (χ0) is 15.2. The smallest absolute Gasteiger partial charge is 0.231 e. The van der Waals surface area contributed by atoms with E-state index in [1.165, 1.54) is 0 Å². The van der Waals surface area contributed by atoms with Crippen LogP contribution in [0.2, 0.25) is 0 Å². The van der Waals surface area contributed by atoms with Crippen molar-refractivity contribution < 1.29 is 4.52 Å². The molecule has 6 heteroatoms. The highest BCUT2D eigenvalue weighted by molar-refractivity contribution is 9.10. The fourth-order valence-corrected chi connectivity index (χ4v) is 2.68. The number of nitrogens with one attached hydrogen (secondary N) is 1. The van der Waals surface area contributed by atoms with E-state index in [-0.39, 0.29) is 5.92 Å². The topological polar surface area (TPSA) is 63.8 Å². The second kappa shape index (κ2) is 7.66. The summed E-state index contributed by atoms with van der Waals surface area (Å²) in [5.41, 5.74) is 0.703. The van der Waals surface area contributed by atoms with Crippen molar-refractivity contribution >= 4 is 15.9 Å². The molecule has 0 fully saturated rings. The monoisotopic (exact) mass is 352 g/mol. The highest BCUT2D eigenvalue weighted by atomic mass is 79.9. The fraction of sp³-hybridized carbons (Fsp3) is 0.533. The predicted octanol–water partition coefficient (Wildman–Crippen LogP) is 3.78. The van der Waals surface area contributed by atoms with Crippen molar-refractivity contribution in [1.29, 1.82) is 0 Å². The Balaban J connectivity index is 2.17. The molecule has 0 aromatic carbocycles. The Morgan fingerprint density at radius 1 is 1.38 bits per heavy atom. The lowest BCUT2D eigenvalue weighted by atomic mass is 9.99. The van der Waals surface area contributed by atoms with Crippen LogP contribution < -0.4 is 5.32 Å². The van der Waals surface area contributed by atoms with E-state index in [0.717, 1.165) is 23.9 Å². The van der Waals surface area contributed by atoms with Gasteiger partial charge in [-0.1, -0.05) is 25.9 Å². The van der Waals surface area contributed by atoms with Gasteiger partial charge in [0.05, 0.1) is 5.92 Å². The SMILES string of the molecule is CCCNC(CC)C(C)c1nc(-c2ncccc2Br)no1. The molecule has 0 radical (unpaired) electrons. The summed E-state index contributed by atoms with van der Waals surface area (Å²) in [7, 11) is 0. The van der Waals surface area contributed by atoms with Crippen LogP contribution in [-0.2, 0) is 0 Å². The molecule has 0 aliphatic rings. The molecule has 0 saturated heterocycles. The molecule has 5 nitrogen and oxygen atoms in total. The van der Waals surface area contributed by atoms with E-state index < -0.39 is 0 Å². The molecule has 2 rings (SSSR count). The van der Waals surface area contributed by atoms with Gasteiger partial charge in [-0.25, -0.2) is 0 Å². The van der Waals surface area contributed by atoms with Gasteiger partial charge in [-0.05, 0) is 47.4 Å². The van der Waals surface area contributed by atoms with Gasteiger partial charge in [0.1, 0.15) is 5.69 Å². The van der Waals surface area contributed by atoms with Crippen LogP contribution in [0.15, 0.2) is 27.3 Å². The molecule has 2 aromatic heterocycles. The first-order valence-electron chi connectivity index (χ1n) is 7.35. The first kappa shape index (κ1) is 16.1. The Kier molecular flexibility index (Phi) is 5.87.